The van der Waals surface area contributed by atoms with Crippen LogP contribution in [0.4, 0.5) is 0 Å². The number of amides is 3. The molecule has 2 heterocycles. The third kappa shape index (κ3) is 8.30. The van der Waals surface area contributed by atoms with Crippen molar-refractivity contribution in [2.75, 3.05) is 26.2 Å². The van der Waals surface area contributed by atoms with Gasteiger partial charge in [0.2, 0.25) is 5.91 Å². The summed E-state index contributed by atoms with van der Waals surface area (Å²) in [4.78, 5) is 52.5. The highest BCUT2D eigenvalue weighted by atomic mass is 16.6. The second kappa shape index (κ2) is 12.8. The summed E-state index contributed by atoms with van der Waals surface area (Å²) >= 11 is 0. The summed E-state index contributed by atoms with van der Waals surface area (Å²) in [6, 6.07) is 5.53. The first-order valence-electron chi connectivity index (χ1n) is 12.7. The first-order chi connectivity index (χ1) is 17.1. The fourth-order valence-corrected chi connectivity index (χ4v) is 4.53. The third-order valence-electron chi connectivity index (χ3n) is 6.62. The molecule has 2 aliphatic heterocycles. The normalized spacial score (nSPS) is 21.1. The number of hydrogen-bond acceptors (Lipinski definition) is 7. The van der Waals surface area contributed by atoms with Crippen LogP contribution in [0.3, 0.4) is 0 Å². The SMILES string of the molecule is CC(C)C[C@H](NC(=O)C1OC1C(=O)NCCN1CCCC1)C(=O)C[C@@H](Cc1ccc(O)cc1)C(N)=O. The molecule has 2 saturated heterocycles. The fourth-order valence-electron chi connectivity index (χ4n) is 4.53. The van der Waals surface area contributed by atoms with Crippen molar-refractivity contribution in [3.8, 4) is 5.75 Å². The number of hydrogen-bond donors (Lipinski definition) is 4. The number of nitrogens with zero attached hydrogens (tertiary/aromatic N) is 1. The minimum absolute atomic E-state index is 0.103. The van der Waals surface area contributed by atoms with Crippen LogP contribution in [0.1, 0.15) is 45.1 Å². The highest BCUT2D eigenvalue weighted by Gasteiger charge is 2.50. The van der Waals surface area contributed by atoms with Crippen molar-refractivity contribution in [2.45, 2.75) is 64.2 Å². The van der Waals surface area contributed by atoms with Gasteiger partial charge < -0.3 is 31.1 Å². The van der Waals surface area contributed by atoms with Crippen molar-refractivity contribution in [1.29, 1.82) is 0 Å². The summed E-state index contributed by atoms with van der Waals surface area (Å²) in [5.74, 6) is -2.29. The fraction of sp³-hybridized carbons (Fsp3) is 0.615. The average Bonchev–Trinajstić information content (AvgIpc) is 3.47. The van der Waals surface area contributed by atoms with E-state index in [1.54, 1.807) is 12.1 Å². The van der Waals surface area contributed by atoms with Gasteiger partial charge in [-0.3, -0.25) is 19.2 Å². The zero-order valence-electron chi connectivity index (χ0n) is 21.1. The van der Waals surface area contributed by atoms with Gasteiger partial charge in [0.15, 0.2) is 18.0 Å². The van der Waals surface area contributed by atoms with Crippen molar-refractivity contribution in [3.05, 3.63) is 29.8 Å². The van der Waals surface area contributed by atoms with Gasteiger partial charge in [-0.25, -0.2) is 0 Å². The van der Waals surface area contributed by atoms with E-state index in [4.69, 9.17) is 10.5 Å². The Bertz CT molecular complexity index is 929. The van der Waals surface area contributed by atoms with Crippen LogP contribution in [-0.2, 0) is 30.3 Å². The molecule has 0 aromatic heterocycles. The van der Waals surface area contributed by atoms with Crippen LogP contribution in [0.2, 0.25) is 0 Å². The summed E-state index contributed by atoms with van der Waals surface area (Å²) in [6.45, 7) is 7.20. The van der Waals surface area contributed by atoms with Gasteiger partial charge in [0.25, 0.3) is 11.8 Å². The number of ether oxygens (including phenoxy) is 1. The highest BCUT2D eigenvalue weighted by molar-refractivity contribution is 5.98. The van der Waals surface area contributed by atoms with E-state index in [2.05, 4.69) is 15.5 Å². The van der Waals surface area contributed by atoms with Gasteiger partial charge in [0.05, 0.1) is 6.04 Å². The number of primary amides is 1. The van der Waals surface area contributed by atoms with E-state index in [1.165, 1.54) is 25.0 Å². The Hall–Kier alpha value is -2.98. The van der Waals surface area contributed by atoms with Crippen molar-refractivity contribution >= 4 is 23.5 Å². The molecule has 1 aromatic carbocycles. The summed E-state index contributed by atoms with van der Waals surface area (Å²) in [6.07, 6.45) is 1.07. The number of phenolic OH excluding ortho intramolecular Hbond substituents is 1. The van der Waals surface area contributed by atoms with Gasteiger partial charge in [-0.1, -0.05) is 26.0 Å². The molecule has 0 spiro atoms. The van der Waals surface area contributed by atoms with Gasteiger partial charge in [-0.05, 0) is 62.4 Å². The topological polar surface area (TPSA) is 154 Å². The van der Waals surface area contributed by atoms with Crippen LogP contribution in [0.15, 0.2) is 24.3 Å². The minimum Gasteiger partial charge on any atom is -0.508 e. The second-order valence-corrected chi connectivity index (χ2v) is 10.1. The Balaban J connectivity index is 1.51. The summed E-state index contributed by atoms with van der Waals surface area (Å²) < 4.78 is 5.31. The largest absolute Gasteiger partial charge is 0.508 e. The highest BCUT2D eigenvalue weighted by Crippen LogP contribution is 2.24. The maximum Gasteiger partial charge on any atom is 0.253 e. The van der Waals surface area contributed by atoms with E-state index in [-0.39, 0.29) is 36.2 Å². The van der Waals surface area contributed by atoms with E-state index in [1.807, 2.05) is 13.8 Å². The number of ketones is 1. The lowest BCUT2D eigenvalue weighted by Gasteiger charge is -2.21. The molecular weight excluding hydrogens is 464 g/mol. The summed E-state index contributed by atoms with van der Waals surface area (Å²) in [5, 5.41) is 15.0. The molecule has 10 nitrogen and oxygen atoms in total. The minimum atomic E-state index is -0.928. The van der Waals surface area contributed by atoms with Crippen molar-refractivity contribution in [2.24, 2.45) is 17.6 Å². The van der Waals surface area contributed by atoms with E-state index < -0.39 is 36.0 Å². The molecule has 0 saturated carbocycles. The molecule has 2 unspecified atom stereocenters. The quantitative estimate of drug-likeness (QED) is 0.270. The lowest BCUT2D eigenvalue weighted by molar-refractivity contribution is -0.131. The number of carbonyl (C=O) groups is 4. The van der Waals surface area contributed by atoms with Gasteiger partial charge >= 0.3 is 0 Å². The van der Waals surface area contributed by atoms with Gasteiger partial charge in [0, 0.05) is 25.4 Å². The van der Waals surface area contributed by atoms with Crippen LogP contribution < -0.4 is 16.4 Å². The van der Waals surface area contributed by atoms with Crippen LogP contribution in [-0.4, -0.2) is 77.9 Å². The third-order valence-corrected chi connectivity index (χ3v) is 6.62. The number of likely N-dealkylation sites (tertiary alicyclic amines) is 1. The number of aromatic hydroxyl groups is 1. The molecule has 2 fully saturated rings. The standard InChI is InChI=1S/C26H38N4O6/c1-16(2)13-20(21(32)15-18(24(27)33)14-17-5-7-19(31)8-6-17)29-26(35)23-22(36-23)25(34)28-9-12-30-10-3-4-11-30/h5-8,16,18,20,22-23,31H,3-4,9-15H2,1-2H3,(H2,27,33)(H,28,34)(H,29,35)/t18-,20+,22?,23?/m1/s1. The number of Topliss-reactive ketones (excluding diaryl/α,β-unsaturated/α-hetero) is 1. The van der Waals surface area contributed by atoms with Crippen LogP contribution in [0, 0.1) is 11.8 Å². The van der Waals surface area contributed by atoms with Crippen LogP contribution in [0.25, 0.3) is 0 Å². The number of nitrogens with two attached hydrogens (primary N) is 1. The van der Waals surface area contributed by atoms with Crippen molar-refractivity contribution < 1.29 is 29.0 Å². The Morgan fingerprint density at radius 3 is 2.33 bits per heavy atom. The number of phenols is 1. The Morgan fingerprint density at radius 2 is 1.72 bits per heavy atom. The Morgan fingerprint density at radius 1 is 1.08 bits per heavy atom. The molecule has 198 valence electrons. The van der Waals surface area contributed by atoms with Crippen LogP contribution in [0.5, 0.6) is 5.75 Å². The van der Waals surface area contributed by atoms with Gasteiger partial charge in [0.1, 0.15) is 5.75 Å². The number of nitrogens with one attached hydrogen (secondary N) is 2. The van der Waals surface area contributed by atoms with E-state index in [0.29, 0.717) is 13.0 Å². The molecular formula is C26H38N4O6. The first kappa shape index (κ1) is 27.6. The molecule has 3 rings (SSSR count). The zero-order chi connectivity index (χ0) is 26.2. The lowest BCUT2D eigenvalue weighted by Crippen LogP contribution is -2.46. The van der Waals surface area contributed by atoms with Crippen molar-refractivity contribution in [1.82, 2.24) is 15.5 Å². The summed E-state index contributed by atoms with van der Waals surface area (Å²) in [5.41, 5.74) is 6.32. The first-order valence-corrected chi connectivity index (χ1v) is 12.7. The summed E-state index contributed by atoms with van der Waals surface area (Å²) in [7, 11) is 0. The predicted molar refractivity (Wildman–Crippen MR) is 133 cm³/mol. The molecule has 36 heavy (non-hydrogen) atoms. The molecule has 3 amide bonds. The van der Waals surface area contributed by atoms with E-state index >= 15 is 0 Å². The van der Waals surface area contributed by atoms with E-state index in [0.717, 1.165) is 25.2 Å². The Labute approximate surface area is 211 Å². The maximum atomic E-state index is 13.1. The smallest absolute Gasteiger partial charge is 0.253 e. The molecule has 0 radical (unpaired) electrons. The maximum absolute atomic E-state index is 13.1. The number of epoxide rings is 1. The van der Waals surface area contributed by atoms with Gasteiger partial charge in [-0.2, -0.15) is 0 Å². The van der Waals surface area contributed by atoms with Crippen molar-refractivity contribution in [3.63, 3.8) is 0 Å². The van der Waals surface area contributed by atoms with Gasteiger partial charge in [-0.15, -0.1) is 0 Å². The zero-order valence-corrected chi connectivity index (χ0v) is 21.1. The molecule has 4 atom stereocenters. The molecule has 2 aliphatic rings. The number of carbonyl (C=O) groups excluding carboxylic acids is 4. The number of rotatable bonds is 14. The Kier molecular flexibility index (Phi) is 9.83. The monoisotopic (exact) mass is 502 g/mol. The second-order valence-electron chi connectivity index (χ2n) is 10.1. The van der Waals surface area contributed by atoms with Crippen LogP contribution >= 0.6 is 0 Å². The molecule has 10 heteroatoms. The number of benzene rings is 1. The van der Waals surface area contributed by atoms with E-state index in [9.17, 15) is 24.3 Å². The molecule has 1 aromatic rings. The predicted octanol–water partition coefficient (Wildman–Crippen LogP) is 0.506. The average molecular weight is 503 g/mol. The lowest BCUT2D eigenvalue weighted by atomic mass is 9.89. The molecule has 0 aliphatic carbocycles. The molecule has 0 bridgehead atoms. The molecule has 5 N–H and O–H groups in total.